The van der Waals surface area contributed by atoms with E-state index in [1.807, 2.05) is 0 Å². The van der Waals surface area contributed by atoms with E-state index in [9.17, 15) is 9.59 Å². The van der Waals surface area contributed by atoms with Gasteiger partial charge in [0.2, 0.25) is 0 Å². The molecule has 1 atom stereocenters. The number of carboxylic acids is 1. The average molecular weight is 253 g/mol. The van der Waals surface area contributed by atoms with Gasteiger partial charge in [-0.3, -0.25) is 4.79 Å². The van der Waals surface area contributed by atoms with Gasteiger partial charge in [0, 0.05) is 12.3 Å². The lowest BCUT2D eigenvalue weighted by Crippen LogP contribution is -2.25. The van der Waals surface area contributed by atoms with Crippen molar-refractivity contribution in [1.29, 1.82) is 0 Å². The van der Waals surface area contributed by atoms with Crippen LogP contribution in [0, 0.1) is 0 Å². The number of carbonyl (C=O) groups excluding carboxylic acids is 1. The van der Waals surface area contributed by atoms with Crippen LogP contribution in [0.3, 0.4) is 0 Å². The molecule has 1 unspecified atom stereocenters. The Balaban J connectivity index is 3.81. The zero-order valence-electron chi connectivity index (χ0n) is 7.46. The van der Waals surface area contributed by atoms with Crippen LogP contribution in [0.2, 0.25) is 0 Å². The van der Waals surface area contributed by atoms with Crippen molar-refractivity contribution < 1.29 is 19.4 Å². The molecule has 5 heteroatoms. The Morgan fingerprint density at radius 2 is 2.08 bits per heavy atom. The third-order valence-electron chi connectivity index (χ3n) is 1.43. The summed E-state index contributed by atoms with van der Waals surface area (Å²) in [5, 5.41) is 9.47. The third kappa shape index (κ3) is 6.57. The SMILES string of the molecule is CC(=O)OC(CCCCBr)C(=O)O. The van der Waals surface area contributed by atoms with Gasteiger partial charge < -0.3 is 9.84 Å². The summed E-state index contributed by atoms with van der Waals surface area (Å²) in [6.45, 7) is 1.21. The maximum Gasteiger partial charge on any atom is 0.345 e. The second-order valence-corrected chi connectivity index (χ2v) is 3.41. The van der Waals surface area contributed by atoms with E-state index in [1.165, 1.54) is 6.92 Å². The van der Waals surface area contributed by atoms with Crippen LogP contribution in [0.25, 0.3) is 0 Å². The van der Waals surface area contributed by atoms with Crippen molar-refractivity contribution in [3.05, 3.63) is 0 Å². The molecular weight excluding hydrogens is 240 g/mol. The second kappa shape index (κ2) is 6.88. The molecular formula is C8H13BrO4. The van der Waals surface area contributed by atoms with Gasteiger partial charge in [0.15, 0.2) is 6.10 Å². The molecule has 0 amide bonds. The number of aliphatic carboxylic acids is 1. The first-order valence-corrected chi connectivity index (χ1v) is 5.16. The Morgan fingerprint density at radius 1 is 1.46 bits per heavy atom. The van der Waals surface area contributed by atoms with E-state index in [0.29, 0.717) is 6.42 Å². The molecule has 4 nitrogen and oxygen atoms in total. The first kappa shape index (κ1) is 12.4. The number of hydrogen-bond donors (Lipinski definition) is 1. The predicted octanol–water partition coefficient (Wildman–Crippen LogP) is 1.57. The number of carbonyl (C=O) groups is 2. The fourth-order valence-corrected chi connectivity index (χ4v) is 1.25. The Morgan fingerprint density at radius 3 is 2.46 bits per heavy atom. The first-order valence-electron chi connectivity index (χ1n) is 4.04. The molecule has 0 saturated carbocycles. The van der Waals surface area contributed by atoms with Gasteiger partial charge in [0.25, 0.3) is 0 Å². The van der Waals surface area contributed by atoms with Gasteiger partial charge in [0.1, 0.15) is 0 Å². The van der Waals surface area contributed by atoms with Crippen LogP contribution in [-0.2, 0) is 14.3 Å². The van der Waals surface area contributed by atoms with Crippen molar-refractivity contribution in [2.75, 3.05) is 5.33 Å². The first-order chi connectivity index (χ1) is 6.07. The Hall–Kier alpha value is -0.580. The fraction of sp³-hybridized carbons (Fsp3) is 0.750. The van der Waals surface area contributed by atoms with Crippen LogP contribution >= 0.6 is 15.9 Å². The maximum absolute atomic E-state index is 10.5. The Labute approximate surface area is 85.4 Å². The monoisotopic (exact) mass is 252 g/mol. The summed E-state index contributed by atoms with van der Waals surface area (Å²) in [6.07, 6.45) is 0.998. The lowest BCUT2D eigenvalue weighted by molar-refractivity contribution is -0.162. The van der Waals surface area contributed by atoms with Crippen molar-refractivity contribution in [2.24, 2.45) is 0 Å². The van der Waals surface area contributed by atoms with Crippen molar-refractivity contribution in [1.82, 2.24) is 0 Å². The van der Waals surface area contributed by atoms with Crippen LogP contribution in [-0.4, -0.2) is 28.5 Å². The molecule has 0 aliphatic heterocycles. The molecule has 1 N–H and O–H groups in total. The Bertz CT molecular complexity index is 181. The highest BCUT2D eigenvalue weighted by atomic mass is 79.9. The van der Waals surface area contributed by atoms with E-state index in [2.05, 4.69) is 20.7 Å². The normalized spacial score (nSPS) is 12.2. The molecule has 0 aliphatic carbocycles. The molecule has 0 aromatic heterocycles. The van der Waals surface area contributed by atoms with Crippen molar-refractivity contribution >= 4 is 27.9 Å². The molecule has 0 bridgehead atoms. The highest BCUT2D eigenvalue weighted by Crippen LogP contribution is 2.07. The number of hydrogen-bond acceptors (Lipinski definition) is 3. The standard InChI is InChI=1S/C8H13BrO4/c1-6(10)13-7(8(11)12)4-2-3-5-9/h7H,2-5H2,1H3,(H,11,12). The van der Waals surface area contributed by atoms with Crippen molar-refractivity contribution in [3.8, 4) is 0 Å². The van der Waals surface area contributed by atoms with Gasteiger partial charge in [-0.2, -0.15) is 0 Å². The minimum absolute atomic E-state index is 0.376. The zero-order valence-corrected chi connectivity index (χ0v) is 9.04. The van der Waals surface area contributed by atoms with Crippen LogP contribution in [0.1, 0.15) is 26.2 Å². The largest absolute Gasteiger partial charge is 0.479 e. The number of rotatable bonds is 6. The average Bonchev–Trinajstić information content (AvgIpc) is 2.02. The minimum Gasteiger partial charge on any atom is -0.479 e. The summed E-state index contributed by atoms with van der Waals surface area (Å²) < 4.78 is 4.60. The van der Waals surface area contributed by atoms with E-state index < -0.39 is 18.0 Å². The predicted molar refractivity (Wildman–Crippen MR) is 50.8 cm³/mol. The molecule has 0 spiro atoms. The highest BCUT2D eigenvalue weighted by molar-refractivity contribution is 9.09. The summed E-state index contributed by atoms with van der Waals surface area (Å²) in [7, 11) is 0. The minimum atomic E-state index is -1.08. The molecule has 13 heavy (non-hydrogen) atoms. The molecule has 0 aliphatic rings. The van der Waals surface area contributed by atoms with E-state index in [1.54, 1.807) is 0 Å². The summed E-state index contributed by atoms with van der Waals surface area (Å²) in [5.74, 6) is -1.63. The highest BCUT2D eigenvalue weighted by Gasteiger charge is 2.19. The van der Waals surface area contributed by atoms with Crippen LogP contribution in [0.4, 0.5) is 0 Å². The topological polar surface area (TPSA) is 63.6 Å². The fourth-order valence-electron chi connectivity index (χ4n) is 0.857. The molecule has 0 fully saturated rings. The molecule has 76 valence electrons. The van der Waals surface area contributed by atoms with Gasteiger partial charge >= 0.3 is 11.9 Å². The van der Waals surface area contributed by atoms with E-state index in [-0.39, 0.29) is 0 Å². The van der Waals surface area contributed by atoms with Gasteiger partial charge in [0.05, 0.1) is 0 Å². The van der Waals surface area contributed by atoms with Crippen molar-refractivity contribution in [3.63, 3.8) is 0 Å². The zero-order chi connectivity index (χ0) is 10.3. The number of ether oxygens (including phenoxy) is 1. The quantitative estimate of drug-likeness (QED) is 0.443. The van der Waals surface area contributed by atoms with Gasteiger partial charge in [-0.1, -0.05) is 15.9 Å². The molecule has 0 heterocycles. The van der Waals surface area contributed by atoms with Crippen LogP contribution in [0.15, 0.2) is 0 Å². The second-order valence-electron chi connectivity index (χ2n) is 2.62. The lowest BCUT2D eigenvalue weighted by atomic mass is 10.1. The number of unbranched alkanes of at least 4 members (excludes halogenated alkanes) is 1. The van der Waals surface area contributed by atoms with Gasteiger partial charge in [-0.25, -0.2) is 4.79 Å². The summed E-state index contributed by atoms with van der Waals surface area (Å²) in [5.41, 5.74) is 0. The van der Waals surface area contributed by atoms with Crippen LogP contribution < -0.4 is 0 Å². The number of alkyl halides is 1. The van der Waals surface area contributed by atoms with Gasteiger partial charge in [-0.05, 0) is 19.3 Å². The Kier molecular flexibility index (Phi) is 6.58. The summed E-state index contributed by atoms with van der Waals surface area (Å²) in [4.78, 5) is 21.0. The maximum atomic E-state index is 10.5. The summed E-state index contributed by atoms with van der Waals surface area (Å²) >= 11 is 3.23. The van der Waals surface area contributed by atoms with E-state index in [0.717, 1.165) is 18.2 Å². The number of esters is 1. The number of carboxylic acid groups (broad SMARTS) is 1. The van der Waals surface area contributed by atoms with Gasteiger partial charge in [-0.15, -0.1) is 0 Å². The molecule has 0 rings (SSSR count). The number of halogens is 1. The summed E-state index contributed by atoms with van der Waals surface area (Å²) in [6, 6.07) is 0. The molecule has 0 aromatic rings. The van der Waals surface area contributed by atoms with E-state index in [4.69, 9.17) is 5.11 Å². The van der Waals surface area contributed by atoms with E-state index >= 15 is 0 Å². The van der Waals surface area contributed by atoms with Crippen molar-refractivity contribution in [2.45, 2.75) is 32.3 Å². The molecule has 0 radical (unpaired) electrons. The molecule has 0 saturated heterocycles. The smallest absolute Gasteiger partial charge is 0.345 e. The van der Waals surface area contributed by atoms with Crippen LogP contribution in [0.5, 0.6) is 0 Å². The third-order valence-corrected chi connectivity index (χ3v) is 1.99. The molecule has 0 aromatic carbocycles. The lowest BCUT2D eigenvalue weighted by Gasteiger charge is -2.11.